The SMILES string of the molecule is C[C@H](NC(=O)CCCCCN1C(=O)C=CC1O)C(=O)O. The van der Waals surface area contributed by atoms with Crippen LogP contribution in [-0.4, -0.2) is 51.7 Å². The molecule has 0 aliphatic carbocycles. The van der Waals surface area contributed by atoms with E-state index in [2.05, 4.69) is 5.32 Å². The minimum Gasteiger partial charge on any atom is -0.480 e. The molecule has 3 N–H and O–H groups in total. The molecule has 2 amide bonds. The van der Waals surface area contributed by atoms with Gasteiger partial charge in [0.15, 0.2) is 0 Å². The van der Waals surface area contributed by atoms with Gasteiger partial charge in [0.05, 0.1) is 0 Å². The lowest BCUT2D eigenvalue weighted by atomic mass is 10.1. The van der Waals surface area contributed by atoms with Gasteiger partial charge >= 0.3 is 5.97 Å². The molecule has 1 rings (SSSR count). The van der Waals surface area contributed by atoms with Crippen molar-refractivity contribution in [1.82, 2.24) is 10.2 Å². The first-order chi connectivity index (χ1) is 9.41. The molecule has 7 nitrogen and oxygen atoms in total. The summed E-state index contributed by atoms with van der Waals surface area (Å²) in [4.78, 5) is 34.6. The Hall–Kier alpha value is -1.89. The van der Waals surface area contributed by atoms with Crippen molar-refractivity contribution in [2.45, 2.75) is 44.9 Å². The van der Waals surface area contributed by atoms with Crippen LogP contribution in [0.2, 0.25) is 0 Å². The third-order valence-corrected chi connectivity index (χ3v) is 3.06. The van der Waals surface area contributed by atoms with Gasteiger partial charge < -0.3 is 20.4 Å². The van der Waals surface area contributed by atoms with Crippen molar-refractivity contribution in [1.29, 1.82) is 0 Å². The number of aliphatic carboxylic acids is 1. The first-order valence-corrected chi connectivity index (χ1v) is 6.61. The second kappa shape index (κ2) is 7.64. The van der Waals surface area contributed by atoms with E-state index in [9.17, 15) is 19.5 Å². The fourth-order valence-corrected chi connectivity index (χ4v) is 1.86. The molecule has 0 radical (unpaired) electrons. The number of hydrogen-bond donors (Lipinski definition) is 3. The number of aliphatic hydroxyl groups is 1. The van der Waals surface area contributed by atoms with Crippen LogP contribution >= 0.6 is 0 Å². The van der Waals surface area contributed by atoms with Gasteiger partial charge in [-0.25, -0.2) is 0 Å². The monoisotopic (exact) mass is 284 g/mol. The number of carbonyl (C=O) groups excluding carboxylic acids is 2. The van der Waals surface area contributed by atoms with Crippen molar-refractivity contribution in [2.24, 2.45) is 0 Å². The third kappa shape index (κ3) is 5.00. The summed E-state index contributed by atoms with van der Waals surface area (Å²) in [5.74, 6) is -1.56. The van der Waals surface area contributed by atoms with Crippen LogP contribution in [-0.2, 0) is 14.4 Å². The minimum absolute atomic E-state index is 0.203. The summed E-state index contributed by atoms with van der Waals surface area (Å²) in [7, 11) is 0. The summed E-state index contributed by atoms with van der Waals surface area (Å²) in [6, 6.07) is -0.883. The number of nitrogens with zero attached hydrogens (tertiary/aromatic N) is 1. The zero-order valence-corrected chi connectivity index (χ0v) is 11.4. The van der Waals surface area contributed by atoms with E-state index in [1.165, 1.54) is 24.0 Å². The normalized spacial score (nSPS) is 19.2. The maximum Gasteiger partial charge on any atom is 0.325 e. The molecular weight excluding hydrogens is 264 g/mol. The average molecular weight is 284 g/mol. The molecular formula is C13H20N2O5. The summed E-state index contributed by atoms with van der Waals surface area (Å²) in [6.07, 6.45) is 4.21. The molecule has 0 aromatic carbocycles. The highest BCUT2D eigenvalue weighted by molar-refractivity contribution is 5.90. The number of hydrogen-bond acceptors (Lipinski definition) is 4. The van der Waals surface area contributed by atoms with Crippen molar-refractivity contribution in [3.8, 4) is 0 Å². The lowest BCUT2D eigenvalue weighted by Gasteiger charge is -2.20. The van der Waals surface area contributed by atoms with Crippen LogP contribution in [0.15, 0.2) is 12.2 Å². The first-order valence-electron chi connectivity index (χ1n) is 6.61. The first kappa shape index (κ1) is 16.2. The highest BCUT2D eigenvalue weighted by atomic mass is 16.4. The largest absolute Gasteiger partial charge is 0.480 e. The molecule has 0 spiro atoms. The third-order valence-electron chi connectivity index (χ3n) is 3.06. The number of carboxylic acid groups (broad SMARTS) is 1. The predicted molar refractivity (Wildman–Crippen MR) is 70.6 cm³/mol. The maximum absolute atomic E-state index is 11.4. The van der Waals surface area contributed by atoms with E-state index in [1.54, 1.807) is 0 Å². The van der Waals surface area contributed by atoms with Crippen molar-refractivity contribution in [2.75, 3.05) is 6.54 Å². The van der Waals surface area contributed by atoms with Gasteiger partial charge in [-0.15, -0.1) is 0 Å². The van der Waals surface area contributed by atoms with Gasteiger partial charge in [-0.1, -0.05) is 6.42 Å². The van der Waals surface area contributed by atoms with Crippen LogP contribution < -0.4 is 5.32 Å². The van der Waals surface area contributed by atoms with Crippen molar-refractivity contribution in [3.05, 3.63) is 12.2 Å². The van der Waals surface area contributed by atoms with Gasteiger partial charge in [0.25, 0.3) is 0 Å². The number of carboxylic acids is 1. The average Bonchev–Trinajstić information content (AvgIpc) is 2.69. The zero-order chi connectivity index (χ0) is 15.1. The quantitative estimate of drug-likeness (QED) is 0.537. The Labute approximate surface area is 117 Å². The van der Waals surface area contributed by atoms with Crippen LogP contribution in [0.25, 0.3) is 0 Å². The van der Waals surface area contributed by atoms with Crippen LogP contribution in [0.1, 0.15) is 32.6 Å². The molecule has 0 aromatic heterocycles. The number of unbranched alkanes of at least 4 members (excludes halogenated alkanes) is 2. The Bertz CT molecular complexity index is 408. The van der Waals surface area contributed by atoms with E-state index < -0.39 is 18.2 Å². The summed E-state index contributed by atoms with van der Waals surface area (Å²) >= 11 is 0. The zero-order valence-electron chi connectivity index (χ0n) is 11.4. The van der Waals surface area contributed by atoms with E-state index in [0.717, 1.165) is 6.42 Å². The van der Waals surface area contributed by atoms with Gasteiger partial charge in [0.2, 0.25) is 11.8 Å². The summed E-state index contributed by atoms with van der Waals surface area (Å²) in [6.45, 7) is 1.85. The number of aliphatic hydroxyl groups excluding tert-OH is 1. The standard InChI is InChI=1S/C13H20N2O5/c1-9(13(19)20)14-10(16)5-3-2-4-8-15-11(17)6-7-12(15)18/h6-7,9,11,17H,2-5,8H2,1H3,(H,14,16)(H,19,20)/t9-,11?/m0/s1. The Kier molecular flexibility index (Phi) is 6.17. The molecule has 2 atom stereocenters. The molecule has 0 bridgehead atoms. The van der Waals surface area contributed by atoms with E-state index in [1.807, 2.05) is 0 Å². The number of nitrogens with one attached hydrogen (secondary N) is 1. The minimum atomic E-state index is -1.06. The molecule has 0 saturated heterocycles. The van der Waals surface area contributed by atoms with Gasteiger partial charge in [-0.3, -0.25) is 14.4 Å². The van der Waals surface area contributed by atoms with Crippen LogP contribution in [0, 0.1) is 0 Å². The summed E-state index contributed by atoms with van der Waals surface area (Å²) in [5.41, 5.74) is 0. The second-order valence-electron chi connectivity index (χ2n) is 4.74. The fourth-order valence-electron chi connectivity index (χ4n) is 1.86. The Morgan fingerprint density at radius 2 is 2.10 bits per heavy atom. The molecule has 1 unspecified atom stereocenters. The topological polar surface area (TPSA) is 107 Å². The van der Waals surface area contributed by atoms with Crippen LogP contribution in [0.4, 0.5) is 0 Å². The van der Waals surface area contributed by atoms with Crippen LogP contribution in [0.3, 0.4) is 0 Å². The molecule has 7 heteroatoms. The smallest absolute Gasteiger partial charge is 0.325 e. The van der Waals surface area contributed by atoms with Gasteiger partial charge in [-0.05, 0) is 25.8 Å². The Morgan fingerprint density at radius 1 is 1.40 bits per heavy atom. The van der Waals surface area contributed by atoms with Gasteiger partial charge in [0, 0.05) is 19.0 Å². The number of rotatable bonds is 8. The maximum atomic E-state index is 11.4. The number of carbonyl (C=O) groups is 3. The molecule has 0 fully saturated rings. The Morgan fingerprint density at radius 3 is 2.65 bits per heavy atom. The predicted octanol–water partition coefficient (Wildman–Crippen LogP) is -0.147. The summed E-state index contributed by atoms with van der Waals surface area (Å²) < 4.78 is 0. The Balaban J connectivity index is 2.09. The molecule has 20 heavy (non-hydrogen) atoms. The fraction of sp³-hybridized carbons (Fsp3) is 0.615. The molecule has 1 aliphatic rings. The lowest BCUT2D eigenvalue weighted by Crippen LogP contribution is -2.38. The number of amides is 2. The second-order valence-corrected chi connectivity index (χ2v) is 4.74. The molecule has 0 saturated carbocycles. The summed E-state index contributed by atoms with van der Waals surface area (Å²) in [5, 5.41) is 20.5. The van der Waals surface area contributed by atoms with Crippen LogP contribution in [0.5, 0.6) is 0 Å². The van der Waals surface area contributed by atoms with E-state index in [4.69, 9.17) is 5.11 Å². The van der Waals surface area contributed by atoms with E-state index in [0.29, 0.717) is 19.4 Å². The van der Waals surface area contributed by atoms with Crippen molar-refractivity contribution in [3.63, 3.8) is 0 Å². The lowest BCUT2D eigenvalue weighted by molar-refractivity contribution is -0.141. The highest BCUT2D eigenvalue weighted by Gasteiger charge is 2.22. The van der Waals surface area contributed by atoms with Gasteiger partial charge in [-0.2, -0.15) is 0 Å². The molecule has 1 aliphatic heterocycles. The molecule has 112 valence electrons. The van der Waals surface area contributed by atoms with Crippen molar-refractivity contribution < 1.29 is 24.6 Å². The van der Waals surface area contributed by atoms with E-state index >= 15 is 0 Å². The van der Waals surface area contributed by atoms with Gasteiger partial charge in [0.1, 0.15) is 12.3 Å². The molecule has 0 aromatic rings. The van der Waals surface area contributed by atoms with E-state index in [-0.39, 0.29) is 18.2 Å². The van der Waals surface area contributed by atoms with Crippen molar-refractivity contribution >= 4 is 17.8 Å². The highest BCUT2D eigenvalue weighted by Crippen LogP contribution is 2.10. The molecule has 1 heterocycles.